The number of ether oxygens (including phenoxy) is 1. The first-order valence-electron chi connectivity index (χ1n) is 9.69. The molecule has 1 aromatic carbocycles. The largest absolute Gasteiger partial charge is 0.496 e. The first-order chi connectivity index (χ1) is 14.3. The number of aryl methyl sites for hydroxylation is 1. The fraction of sp³-hybridized carbons (Fsp3) is 0.261. The Kier molecular flexibility index (Phi) is 4.91. The fourth-order valence-electron chi connectivity index (χ4n) is 3.62. The van der Waals surface area contributed by atoms with E-state index in [1.165, 1.54) is 0 Å². The second-order valence-electron chi connectivity index (χ2n) is 7.85. The van der Waals surface area contributed by atoms with Crippen LogP contribution in [0.25, 0.3) is 11.1 Å². The minimum atomic E-state index is -0.982. The monoisotopic (exact) mass is 404 g/mol. The summed E-state index contributed by atoms with van der Waals surface area (Å²) in [5, 5.41) is 16.1. The maximum absolute atomic E-state index is 12.2. The Bertz CT molecular complexity index is 1120. The zero-order chi connectivity index (χ0) is 21.5. The number of nitrogens with zero attached hydrogens (tertiary/aromatic N) is 2. The summed E-state index contributed by atoms with van der Waals surface area (Å²) in [6.45, 7) is 5.88. The van der Waals surface area contributed by atoms with Crippen LogP contribution in [-0.2, 0) is 12.1 Å². The minimum Gasteiger partial charge on any atom is -0.496 e. The van der Waals surface area contributed by atoms with E-state index in [0.29, 0.717) is 29.4 Å². The van der Waals surface area contributed by atoms with Crippen molar-refractivity contribution < 1.29 is 14.6 Å². The first kappa shape index (κ1) is 19.8. The molecule has 3 heterocycles. The Balaban J connectivity index is 1.63. The number of fused-ring (bicyclic) bond motifs is 1. The van der Waals surface area contributed by atoms with Crippen molar-refractivity contribution in [3.05, 3.63) is 65.1 Å². The summed E-state index contributed by atoms with van der Waals surface area (Å²) in [6, 6.07) is 9.39. The van der Waals surface area contributed by atoms with Gasteiger partial charge in [0.15, 0.2) is 0 Å². The molecule has 154 valence electrons. The van der Waals surface area contributed by atoms with Gasteiger partial charge in [0.05, 0.1) is 30.3 Å². The summed E-state index contributed by atoms with van der Waals surface area (Å²) < 4.78 is 5.36. The number of pyridine rings is 2. The van der Waals surface area contributed by atoms with Crippen LogP contribution in [0.3, 0.4) is 0 Å². The van der Waals surface area contributed by atoms with E-state index in [9.17, 15) is 9.90 Å². The van der Waals surface area contributed by atoms with E-state index in [1.54, 1.807) is 39.4 Å². The molecule has 0 saturated heterocycles. The maximum Gasteiger partial charge on any atom is 0.255 e. The van der Waals surface area contributed by atoms with Crippen molar-refractivity contribution in [1.29, 1.82) is 0 Å². The van der Waals surface area contributed by atoms with Crippen molar-refractivity contribution in [3.63, 3.8) is 0 Å². The normalized spacial score (nSPS) is 13.0. The van der Waals surface area contributed by atoms with Crippen molar-refractivity contribution in [2.45, 2.75) is 32.9 Å². The first-order valence-corrected chi connectivity index (χ1v) is 9.69. The van der Waals surface area contributed by atoms with Crippen LogP contribution in [0.2, 0.25) is 0 Å². The van der Waals surface area contributed by atoms with Gasteiger partial charge >= 0.3 is 0 Å². The van der Waals surface area contributed by atoms with Crippen LogP contribution in [0.15, 0.2) is 42.7 Å². The van der Waals surface area contributed by atoms with Gasteiger partial charge in [-0.3, -0.25) is 9.78 Å². The molecule has 2 aromatic heterocycles. The Hall–Kier alpha value is -3.45. The molecular weight excluding hydrogens is 380 g/mol. The zero-order valence-electron chi connectivity index (χ0n) is 17.4. The molecule has 1 amide bonds. The second-order valence-corrected chi connectivity index (χ2v) is 7.85. The van der Waals surface area contributed by atoms with Gasteiger partial charge in [0.2, 0.25) is 0 Å². The molecule has 4 rings (SSSR count). The van der Waals surface area contributed by atoms with Crippen LogP contribution < -0.4 is 15.4 Å². The van der Waals surface area contributed by atoms with Gasteiger partial charge in [0.25, 0.3) is 5.91 Å². The van der Waals surface area contributed by atoms with Gasteiger partial charge < -0.3 is 20.5 Å². The molecular formula is C23H24N4O3. The number of aliphatic hydroxyl groups is 1. The highest BCUT2D eigenvalue weighted by atomic mass is 16.5. The molecule has 7 nitrogen and oxygen atoms in total. The van der Waals surface area contributed by atoms with Crippen molar-refractivity contribution in [2.24, 2.45) is 0 Å². The molecule has 7 heteroatoms. The van der Waals surface area contributed by atoms with Crippen LogP contribution in [0.5, 0.6) is 5.75 Å². The highest BCUT2D eigenvalue weighted by molar-refractivity contribution is 6.03. The Morgan fingerprint density at radius 2 is 1.93 bits per heavy atom. The molecule has 0 saturated carbocycles. The van der Waals surface area contributed by atoms with Crippen molar-refractivity contribution >= 4 is 17.4 Å². The van der Waals surface area contributed by atoms with Gasteiger partial charge in [0.1, 0.15) is 17.2 Å². The van der Waals surface area contributed by atoms with E-state index < -0.39 is 5.60 Å². The molecule has 30 heavy (non-hydrogen) atoms. The van der Waals surface area contributed by atoms with Gasteiger partial charge in [-0.25, -0.2) is 4.98 Å². The molecule has 0 spiro atoms. The summed E-state index contributed by atoms with van der Waals surface area (Å²) in [7, 11) is 1.57. The van der Waals surface area contributed by atoms with Gasteiger partial charge in [-0.05, 0) is 61.7 Å². The summed E-state index contributed by atoms with van der Waals surface area (Å²) >= 11 is 0. The van der Waals surface area contributed by atoms with E-state index in [1.807, 2.05) is 31.2 Å². The summed E-state index contributed by atoms with van der Waals surface area (Å²) in [5.74, 6) is 1.15. The Labute approximate surface area is 175 Å². The number of methoxy groups -OCH3 is 1. The van der Waals surface area contributed by atoms with Crippen LogP contribution in [-0.4, -0.2) is 28.1 Å². The topological polar surface area (TPSA) is 96.4 Å². The molecule has 3 N–H and O–H groups in total. The van der Waals surface area contributed by atoms with Crippen LogP contribution >= 0.6 is 0 Å². The number of hydrogen-bond acceptors (Lipinski definition) is 6. The summed E-state index contributed by atoms with van der Waals surface area (Å²) in [4.78, 5) is 21.1. The van der Waals surface area contributed by atoms with Crippen molar-refractivity contribution in [1.82, 2.24) is 15.3 Å². The highest BCUT2D eigenvalue weighted by Gasteiger charge is 2.27. The van der Waals surface area contributed by atoms with Gasteiger partial charge in [-0.15, -0.1) is 0 Å². The van der Waals surface area contributed by atoms with E-state index in [-0.39, 0.29) is 5.91 Å². The van der Waals surface area contributed by atoms with Gasteiger partial charge in [-0.2, -0.15) is 0 Å². The number of rotatable bonds is 5. The number of carbonyl (C=O) groups is 1. The van der Waals surface area contributed by atoms with Crippen LogP contribution in [0.1, 0.15) is 41.0 Å². The van der Waals surface area contributed by atoms with E-state index in [0.717, 1.165) is 27.9 Å². The summed E-state index contributed by atoms with van der Waals surface area (Å²) in [6.07, 6.45) is 3.48. The second kappa shape index (κ2) is 7.42. The lowest BCUT2D eigenvalue weighted by Gasteiger charge is -2.17. The number of hydrogen-bond donors (Lipinski definition) is 3. The smallest absolute Gasteiger partial charge is 0.255 e. The maximum atomic E-state index is 12.2. The average Bonchev–Trinajstić information content (AvgIpc) is 3.10. The van der Waals surface area contributed by atoms with Crippen LogP contribution in [0, 0.1) is 6.92 Å². The predicted molar refractivity (Wildman–Crippen MR) is 115 cm³/mol. The SMILES string of the molecule is COc1ccc(-c2cnc(Nc3ccc(C(C)(C)O)nc3)cc2C)c2c1C(=O)NC2. The molecule has 1 aliphatic rings. The van der Waals surface area contributed by atoms with E-state index >= 15 is 0 Å². The number of aromatic nitrogens is 2. The molecule has 0 fully saturated rings. The summed E-state index contributed by atoms with van der Waals surface area (Å²) in [5.41, 5.74) is 4.88. The third-order valence-electron chi connectivity index (χ3n) is 5.21. The van der Waals surface area contributed by atoms with Crippen LogP contribution in [0.4, 0.5) is 11.5 Å². The third kappa shape index (κ3) is 3.59. The lowest BCUT2D eigenvalue weighted by molar-refractivity contribution is 0.0739. The molecule has 0 radical (unpaired) electrons. The molecule has 0 atom stereocenters. The molecule has 0 unspecified atom stereocenters. The number of carbonyl (C=O) groups excluding carboxylic acids is 1. The fourth-order valence-corrected chi connectivity index (χ4v) is 3.62. The predicted octanol–water partition coefficient (Wildman–Crippen LogP) is 3.68. The zero-order valence-corrected chi connectivity index (χ0v) is 17.4. The quantitative estimate of drug-likeness (QED) is 0.600. The minimum absolute atomic E-state index is 0.116. The molecule has 0 aliphatic carbocycles. The number of amides is 1. The van der Waals surface area contributed by atoms with Crippen molar-refractivity contribution in [3.8, 4) is 16.9 Å². The standard InChI is InChI=1S/C23H24N4O3/c1-13-9-20(27-14-5-8-19(24-10-14)23(2,3)29)25-11-16(13)15-6-7-18(30-4)21-17(15)12-26-22(21)28/h5-11,29H,12H2,1-4H3,(H,25,27)(H,26,28). The lowest BCUT2D eigenvalue weighted by atomic mass is 9.94. The number of benzene rings is 1. The Morgan fingerprint density at radius 1 is 1.13 bits per heavy atom. The molecule has 0 bridgehead atoms. The van der Waals surface area contributed by atoms with Gasteiger partial charge in [-0.1, -0.05) is 6.07 Å². The molecule has 3 aromatic rings. The Morgan fingerprint density at radius 3 is 2.57 bits per heavy atom. The number of anilines is 2. The average molecular weight is 404 g/mol. The third-order valence-corrected chi connectivity index (χ3v) is 5.21. The number of nitrogens with one attached hydrogen (secondary N) is 2. The molecule has 1 aliphatic heterocycles. The van der Waals surface area contributed by atoms with E-state index in [2.05, 4.69) is 20.6 Å². The van der Waals surface area contributed by atoms with Crippen molar-refractivity contribution in [2.75, 3.05) is 12.4 Å². The lowest BCUT2D eigenvalue weighted by Crippen LogP contribution is -2.17. The van der Waals surface area contributed by atoms with Gasteiger partial charge in [0, 0.05) is 18.3 Å². The van der Waals surface area contributed by atoms with E-state index in [4.69, 9.17) is 4.74 Å². The highest BCUT2D eigenvalue weighted by Crippen LogP contribution is 2.36.